The minimum Gasteiger partial charge on any atom is -0.489 e. The van der Waals surface area contributed by atoms with E-state index in [2.05, 4.69) is 0 Å². The van der Waals surface area contributed by atoms with Crippen molar-refractivity contribution in [1.29, 1.82) is 0 Å². The monoisotopic (exact) mass is 377 g/mol. The molecule has 1 heterocycles. The van der Waals surface area contributed by atoms with Crippen molar-refractivity contribution in [3.05, 3.63) is 64.7 Å². The maximum Gasteiger partial charge on any atom is 0.255 e. The number of ketones is 1. The zero-order chi connectivity index (χ0) is 19.5. The minimum atomic E-state index is -0.314. The van der Waals surface area contributed by atoms with E-state index >= 15 is 0 Å². The van der Waals surface area contributed by atoms with E-state index in [4.69, 9.17) is 4.74 Å². The maximum absolute atomic E-state index is 12.9. The van der Waals surface area contributed by atoms with E-state index in [1.807, 2.05) is 30.3 Å². The second kappa shape index (κ2) is 7.97. The third-order valence-electron chi connectivity index (χ3n) is 5.61. The summed E-state index contributed by atoms with van der Waals surface area (Å²) in [6.45, 7) is 0.775. The predicted molar refractivity (Wildman–Crippen MR) is 104 cm³/mol. The Bertz CT molecular complexity index is 903. The molecule has 1 amide bonds. The molecule has 28 heavy (non-hydrogen) atoms. The summed E-state index contributed by atoms with van der Waals surface area (Å²) < 4.78 is 5.99. The number of ether oxygens (including phenoxy) is 1. The number of nitrogens with zero attached hydrogens (tertiary/aromatic N) is 1. The lowest BCUT2D eigenvalue weighted by Gasteiger charge is -2.25. The summed E-state index contributed by atoms with van der Waals surface area (Å²) in [5.41, 5.74) is 3.06. The molecule has 1 aliphatic heterocycles. The summed E-state index contributed by atoms with van der Waals surface area (Å²) in [6, 6.07) is 12.4. The zero-order valence-electron chi connectivity index (χ0n) is 15.7. The highest BCUT2D eigenvalue weighted by atomic mass is 16.5. The minimum absolute atomic E-state index is 0.0731. The van der Waals surface area contributed by atoms with Crippen LogP contribution in [0.15, 0.2) is 42.5 Å². The van der Waals surface area contributed by atoms with Gasteiger partial charge in [0, 0.05) is 23.1 Å². The van der Waals surface area contributed by atoms with Crippen LogP contribution in [0, 0.1) is 0 Å². The van der Waals surface area contributed by atoms with Gasteiger partial charge in [0.05, 0.1) is 12.6 Å². The molecular weight excluding hydrogens is 354 g/mol. The Balaban J connectivity index is 1.52. The highest BCUT2D eigenvalue weighted by Gasteiger charge is 2.37. The number of carbonyl (C=O) groups is 3. The molecule has 0 unspecified atom stereocenters. The molecule has 0 N–H and O–H groups in total. The number of amides is 1. The lowest BCUT2D eigenvalue weighted by atomic mass is 10.1. The Labute approximate surface area is 164 Å². The Kier molecular flexibility index (Phi) is 5.24. The quantitative estimate of drug-likeness (QED) is 0.585. The van der Waals surface area contributed by atoms with E-state index in [1.54, 1.807) is 17.0 Å². The van der Waals surface area contributed by atoms with Gasteiger partial charge in [-0.1, -0.05) is 43.2 Å². The van der Waals surface area contributed by atoms with E-state index in [1.165, 1.54) is 0 Å². The molecule has 2 aromatic carbocycles. The zero-order valence-corrected chi connectivity index (χ0v) is 15.7. The first-order chi connectivity index (χ1) is 13.7. The topological polar surface area (TPSA) is 63.7 Å². The first-order valence-electron chi connectivity index (χ1n) is 9.80. The number of benzene rings is 2. The van der Waals surface area contributed by atoms with Crippen LogP contribution >= 0.6 is 0 Å². The van der Waals surface area contributed by atoms with Gasteiger partial charge in [-0.25, -0.2) is 0 Å². The second-order valence-electron chi connectivity index (χ2n) is 7.44. The van der Waals surface area contributed by atoms with Crippen molar-refractivity contribution in [1.82, 2.24) is 4.90 Å². The Morgan fingerprint density at radius 1 is 1.04 bits per heavy atom. The molecule has 1 saturated carbocycles. The summed E-state index contributed by atoms with van der Waals surface area (Å²) in [7, 11) is 0. The van der Waals surface area contributed by atoms with Crippen molar-refractivity contribution in [2.24, 2.45) is 0 Å². The molecule has 2 aromatic rings. The van der Waals surface area contributed by atoms with Gasteiger partial charge >= 0.3 is 0 Å². The first kappa shape index (κ1) is 18.4. The molecule has 0 bridgehead atoms. The SMILES string of the molecule is O=Cc1ccc(COc2cccc3c2CN([C@H]2CCCCCC2=O)C3=O)cc1. The normalized spacial score (nSPS) is 19.3. The lowest BCUT2D eigenvalue weighted by molar-refractivity contribution is -0.123. The van der Waals surface area contributed by atoms with Crippen molar-refractivity contribution in [3.63, 3.8) is 0 Å². The van der Waals surface area contributed by atoms with Crippen LogP contribution in [-0.2, 0) is 17.9 Å². The van der Waals surface area contributed by atoms with Gasteiger partial charge in [-0.2, -0.15) is 0 Å². The smallest absolute Gasteiger partial charge is 0.255 e. The Morgan fingerprint density at radius 2 is 1.86 bits per heavy atom. The van der Waals surface area contributed by atoms with E-state index in [0.29, 0.717) is 36.4 Å². The summed E-state index contributed by atoms with van der Waals surface area (Å²) in [5, 5.41) is 0. The molecule has 5 heteroatoms. The van der Waals surface area contributed by atoms with Crippen molar-refractivity contribution in [2.45, 2.75) is 51.3 Å². The summed E-state index contributed by atoms with van der Waals surface area (Å²) >= 11 is 0. The molecule has 0 aromatic heterocycles. The van der Waals surface area contributed by atoms with Gasteiger partial charge in [0.25, 0.3) is 5.91 Å². The van der Waals surface area contributed by atoms with Crippen molar-refractivity contribution >= 4 is 18.0 Å². The maximum atomic E-state index is 12.9. The van der Waals surface area contributed by atoms with Crippen LogP contribution in [0.1, 0.15) is 63.9 Å². The van der Waals surface area contributed by atoms with Crippen LogP contribution < -0.4 is 4.74 Å². The van der Waals surface area contributed by atoms with Crippen LogP contribution in [0.5, 0.6) is 5.75 Å². The van der Waals surface area contributed by atoms with Gasteiger partial charge in [0.1, 0.15) is 18.6 Å². The largest absolute Gasteiger partial charge is 0.489 e. The fourth-order valence-electron chi connectivity index (χ4n) is 4.04. The number of hydrogen-bond acceptors (Lipinski definition) is 4. The van der Waals surface area contributed by atoms with E-state index in [9.17, 15) is 14.4 Å². The number of fused-ring (bicyclic) bond motifs is 1. The molecule has 1 aliphatic carbocycles. The van der Waals surface area contributed by atoms with Crippen molar-refractivity contribution in [3.8, 4) is 5.75 Å². The van der Waals surface area contributed by atoms with Gasteiger partial charge < -0.3 is 9.64 Å². The molecule has 1 atom stereocenters. The third kappa shape index (κ3) is 3.57. The van der Waals surface area contributed by atoms with Crippen molar-refractivity contribution < 1.29 is 19.1 Å². The van der Waals surface area contributed by atoms with Crippen molar-refractivity contribution in [2.75, 3.05) is 0 Å². The molecular formula is C23H23NO4. The molecule has 0 radical (unpaired) electrons. The number of Topliss-reactive ketones (excluding diaryl/α,β-unsaturated/α-hetero) is 1. The molecule has 1 fully saturated rings. The molecule has 5 nitrogen and oxygen atoms in total. The van der Waals surface area contributed by atoms with Gasteiger partial charge in [0.2, 0.25) is 0 Å². The van der Waals surface area contributed by atoms with Crippen LogP contribution in [0.25, 0.3) is 0 Å². The van der Waals surface area contributed by atoms with Gasteiger partial charge in [-0.3, -0.25) is 14.4 Å². The van der Waals surface area contributed by atoms with Gasteiger partial charge in [-0.05, 0) is 30.5 Å². The average molecular weight is 377 g/mol. The van der Waals surface area contributed by atoms with Gasteiger partial charge in [0.15, 0.2) is 5.78 Å². The average Bonchev–Trinajstić information content (AvgIpc) is 2.91. The molecule has 144 valence electrons. The molecule has 0 saturated heterocycles. The third-order valence-corrected chi connectivity index (χ3v) is 5.61. The summed E-state index contributed by atoms with van der Waals surface area (Å²) in [5.74, 6) is 0.779. The van der Waals surface area contributed by atoms with Crippen LogP contribution in [0.3, 0.4) is 0 Å². The standard InChI is InChI=1S/C23H23NO4/c25-14-16-9-11-17(12-10-16)15-28-22-8-4-5-18-19(22)13-24(23(18)27)20-6-2-1-3-7-21(20)26/h4-5,8-12,14,20H,1-3,6-7,13,15H2/t20-/m0/s1. The fourth-order valence-corrected chi connectivity index (χ4v) is 4.04. The fraction of sp³-hybridized carbons (Fsp3) is 0.348. The highest BCUT2D eigenvalue weighted by Crippen LogP contribution is 2.34. The number of hydrogen-bond donors (Lipinski definition) is 0. The van der Waals surface area contributed by atoms with E-state index in [0.717, 1.165) is 43.1 Å². The number of carbonyl (C=O) groups excluding carboxylic acids is 3. The van der Waals surface area contributed by atoms with E-state index in [-0.39, 0.29) is 17.7 Å². The lowest BCUT2D eigenvalue weighted by Crippen LogP contribution is -2.40. The second-order valence-corrected chi connectivity index (χ2v) is 7.44. The van der Waals surface area contributed by atoms with E-state index < -0.39 is 0 Å². The number of rotatable bonds is 5. The first-order valence-corrected chi connectivity index (χ1v) is 9.80. The van der Waals surface area contributed by atoms with Gasteiger partial charge in [-0.15, -0.1) is 0 Å². The van der Waals surface area contributed by atoms with Crippen LogP contribution in [-0.4, -0.2) is 28.9 Å². The Hall–Kier alpha value is -2.95. The molecule has 4 rings (SSSR count). The predicted octanol–water partition coefficient (Wildman–Crippen LogP) is 3.94. The summed E-state index contributed by atoms with van der Waals surface area (Å²) in [6.07, 6.45) is 5.07. The molecule has 0 spiro atoms. The molecule has 2 aliphatic rings. The summed E-state index contributed by atoms with van der Waals surface area (Å²) in [4.78, 5) is 37.9. The Morgan fingerprint density at radius 3 is 2.64 bits per heavy atom. The number of aldehydes is 1. The highest BCUT2D eigenvalue weighted by molar-refractivity contribution is 6.02. The van der Waals surface area contributed by atoms with Crippen LogP contribution in [0.4, 0.5) is 0 Å². The van der Waals surface area contributed by atoms with Crippen LogP contribution in [0.2, 0.25) is 0 Å².